The summed E-state index contributed by atoms with van der Waals surface area (Å²) in [5.74, 6) is -0.296. The Kier molecular flexibility index (Phi) is 4.91. The smallest absolute Gasteiger partial charge is 0.411 e. The van der Waals surface area contributed by atoms with Crippen LogP contribution in [0.15, 0.2) is 18.2 Å². The van der Waals surface area contributed by atoms with Crippen molar-refractivity contribution in [1.82, 2.24) is 5.32 Å². The molecule has 0 aromatic heterocycles. The van der Waals surface area contributed by atoms with Crippen LogP contribution in [0.2, 0.25) is 0 Å². The van der Waals surface area contributed by atoms with E-state index in [1.54, 1.807) is 0 Å². The molecule has 0 unspecified atom stereocenters. The van der Waals surface area contributed by atoms with Crippen molar-refractivity contribution >= 4 is 11.8 Å². The van der Waals surface area contributed by atoms with Crippen molar-refractivity contribution < 1.29 is 13.9 Å². The van der Waals surface area contributed by atoms with Crippen molar-refractivity contribution in [3.05, 3.63) is 29.6 Å². The molecular weight excluding hydrogens is 261 g/mol. The maximum Gasteiger partial charge on any atom is 0.411 e. The average Bonchev–Trinajstić information content (AvgIpc) is 2.48. The van der Waals surface area contributed by atoms with Crippen molar-refractivity contribution in [2.45, 2.75) is 12.8 Å². The monoisotopic (exact) mass is 277 g/mol. The van der Waals surface area contributed by atoms with Crippen LogP contribution in [-0.2, 0) is 4.74 Å². The molecule has 1 aromatic rings. The number of rotatable bonds is 3. The minimum atomic E-state index is -0.674. The lowest BCUT2D eigenvalue weighted by Crippen LogP contribution is -2.31. The lowest BCUT2D eigenvalue weighted by Gasteiger charge is -2.22. The van der Waals surface area contributed by atoms with Crippen LogP contribution in [0.4, 0.5) is 14.9 Å². The van der Waals surface area contributed by atoms with Gasteiger partial charge >= 0.3 is 6.09 Å². The Morgan fingerprint density at radius 3 is 2.90 bits per heavy atom. The summed E-state index contributed by atoms with van der Waals surface area (Å²) in [6.45, 7) is 2.20. The van der Waals surface area contributed by atoms with Gasteiger partial charge in [-0.25, -0.2) is 9.18 Å². The van der Waals surface area contributed by atoms with Crippen LogP contribution < -0.4 is 10.6 Å². The molecule has 0 bridgehead atoms. The highest BCUT2D eigenvalue weighted by atomic mass is 19.1. The van der Waals surface area contributed by atoms with Gasteiger partial charge in [0.1, 0.15) is 5.82 Å². The Hall–Kier alpha value is -2.13. The summed E-state index contributed by atoms with van der Waals surface area (Å²) in [5.41, 5.74) is 0.218. The van der Waals surface area contributed by atoms with Gasteiger partial charge in [0.15, 0.2) is 0 Å². The lowest BCUT2D eigenvalue weighted by molar-refractivity contribution is 0.130. The summed E-state index contributed by atoms with van der Waals surface area (Å²) in [6.07, 6.45) is 1.27. The maximum atomic E-state index is 13.6. The molecule has 1 aliphatic heterocycles. The van der Waals surface area contributed by atoms with Crippen molar-refractivity contribution in [1.29, 1.82) is 5.26 Å². The molecule has 106 valence electrons. The van der Waals surface area contributed by atoms with Crippen LogP contribution >= 0.6 is 0 Å². The van der Waals surface area contributed by atoms with E-state index in [9.17, 15) is 9.18 Å². The molecule has 1 saturated heterocycles. The Labute approximate surface area is 116 Å². The van der Waals surface area contributed by atoms with E-state index in [2.05, 4.69) is 10.6 Å². The molecule has 2 N–H and O–H groups in total. The minimum absolute atomic E-state index is 0.0133. The highest BCUT2D eigenvalue weighted by molar-refractivity contribution is 5.84. The van der Waals surface area contributed by atoms with E-state index in [1.165, 1.54) is 12.1 Å². The molecule has 0 atom stereocenters. The molecule has 0 aliphatic carbocycles. The van der Waals surface area contributed by atoms with Crippen LogP contribution in [0, 0.1) is 23.1 Å². The Morgan fingerprint density at radius 2 is 2.25 bits per heavy atom. The van der Waals surface area contributed by atoms with Gasteiger partial charge in [0.25, 0.3) is 0 Å². The molecular formula is C14H16FN3O2. The quantitative estimate of drug-likeness (QED) is 0.888. The zero-order valence-electron chi connectivity index (χ0n) is 11.0. The van der Waals surface area contributed by atoms with Gasteiger partial charge in [-0.15, -0.1) is 0 Å². The van der Waals surface area contributed by atoms with Crippen LogP contribution in [0.1, 0.15) is 18.4 Å². The minimum Gasteiger partial charge on any atom is -0.449 e. The van der Waals surface area contributed by atoms with E-state index in [4.69, 9.17) is 10.00 Å². The summed E-state index contributed by atoms with van der Waals surface area (Å²) in [5, 5.41) is 14.2. The van der Waals surface area contributed by atoms with Crippen LogP contribution in [0.3, 0.4) is 0 Å². The fraction of sp³-hybridized carbons (Fsp3) is 0.429. The molecule has 5 nitrogen and oxygen atoms in total. The molecule has 2 rings (SSSR count). The van der Waals surface area contributed by atoms with Gasteiger partial charge in [0.05, 0.1) is 23.9 Å². The standard InChI is InChI=1S/C14H16FN3O2/c15-12-7-11(8-16)1-2-13(12)18-14(19)20-9-10-3-5-17-6-4-10/h1-2,7,10,17H,3-6,9H2,(H,18,19). The van der Waals surface area contributed by atoms with Crippen LogP contribution in [0.25, 0.3) is 0 Å². The molecule has 1 heterocycles. The van der Waals surface area contributed by atoms with E-state index in [-0.39, 0.29) is 11.3 Å². The van der Waals surface area contributed by atoms with Crippen molar-refractivity contribution in [2.75, 3.05) is 25.0 Å². The fourth-order valence-electron chi connectivity index (χ4n) is 2.07. The molecule has 0 spiro atoms. The van der Waals surface area contributed by atoms with Gasteiger partial charge in [-0.2, -0.15) is 5.26 Å². The zero-order valence-corrected chi connectivity index (χ0v) is 11.0. The second-order valence-electron chi connectivity index (χ2n) is 4.72. The summed E-state index contributed by atoms with van der Waals surface area (Å²) in [7, 11) is 0. The molecule has 1 amide bonds. The number of benzene rings is 1. The Morgan fingerprint density at radius 1 is 1.50 bits per heavy atom. The fourth-order valence-corrected chi connectivity index (χ4v) is 2.07. The number of amides is 1. The first-order chi connectivity index (χ1) is 9.69. The highest BCUT2D eigenvalue weighted by Gasteiger charge is 2.15. The predicted octanol–water partition coefficient (Wildman–Crippen LogP) is 2.25. The largest absolute Gasteiger partial charge is 0.449 e. The van der Waals surface area contributed by atoms with Crippen LogP contribution in [-0.4, -0.2) is 25.8 Å². The maximum absolute atomic E-state index is 13.6. The summed E-state index contributed by atoms with van der Waals surface area (Å²) < 4.78 is 18.7. The van der Waals surface area contributed by atoms with Gasteiger partial charge in [-0.1, -0.05) is 0 Å². The number of ether oxygens (including phenoxy) is 1. The van der Waals surface area contributed by atoms with Gasteiger partial charge in [-0.3, -0.25) is 5.32 Å². The van der Waals surface area contributed by atoms with E-state index in [1.807, 2.05) is 6.07 Å². The average molecular weight is 277 g/mol. The summed E-state index contributed by atoms with van der Waals surface area (Å²) >= 11 is 0. The molecule has 0 radical (unpaired) electrons. The number of hydrogen-bond acceptors (Lipinski definition) is 4. The van der Waals surface area contributed by atoms with Gasteiger partial charge in [-0.05, 0) is 50.0 Å². The number of carbonyl (C=O) groups excluding carboxylic acids is 1. The van der Waals surface area contributed by atoms with E-state index < -0.39 is 11.9 Å². The normalized spacial score (nSPS) is 15.4. The van der Waals surface area contributed by atoms with Gasteiger partial charge < -0.3 is 10.1 Å². The first-order valence-corrected chi connectivity index (χ1v) is 6.53. The lowest BCUT2D eigenvalue weighted by atomic mass is 9.99. The predicted molar refractivity (Wildman–Crippen MR) is 71.7 cm³/mol. The first-order valence-electron chi connectivity index (χ1n) is 6.53. The van der Waals surface area contributed by atoms with Crippen molar-refractivity contribution in [2.24, 2.45) is 5.92 Å². The first kappa shape index (κ1) is 14.3. The molecule has 0 saturated carbocycles. The summed E-state index contributed by atoms with van der Waals surface area (Å²) in [4.78, 5) is 11.6. The molecule has 1 fully saturated rings. The number of nitriles is 1. The molecule has 1 aliphatic rings. The number of piperidine rings is 1. The second kappa shape index (κ2) is 6.87. The summed E-state index contributed by atoms with van der Waals surface area (Å²) in [6, 6.07) is 5.68. The SMILES string of the molecule is N#Cc1ccc(NC(=O)OCC2CCNCC2)c(F)c1. The van der Waals surface area contributed by atoms with Gasteiger partial charge in [0.2, 0.25) is 0 Å². The van der Waals surface area contributed by atoms with Crippen LogP contribution in [0.5, 0.6) is 0 Å². The zero-order chi connectivity index (χ0) is 14.4. The molecule has 1 aromatic carbocycles. The second-order valence-corrected chi connectivity index (χ2v) is 4.72. The highest BCUT2D eigenvalue weighted by Crippen LogP contribution is 2.16. The number of carbonyl (C=O) groups is 1. The topological polar surface area (TPSA) is 74.2 Å². The molecule has 20 heavy (non-hydrogen) atoms. The number of halogens is 1. The number of anilines is 1. The van der Waals surface area contributed by atoms with E-state index in [0.717, 1.165) is 32.0 Å². The van der Waals surface area contributed by atoms with E-state index >= 15 is 0 Å². The van der Waals surface area contributed by atoms with Gasteiger partial charge in [0, 0.05) is 0 Å². The van der Waals surface area contributed by atoms with Crippen molar-refractivity contribution in [3.8, 4) is 6.07 Å². The third-order valence-corrected chi connectivity index (χ3v) is 3.24. The van der Waals surface area contributed by atoms with Crippen molar-refractivity contribution in [3.63, 3.8) is 0 Å². The number of nitrogens with one attached hydrogen (secondary N) is 2. The molecule has 6 heteroatoms. The number of hydrogen-bond donors (Lipinski definition) is 2. The Bertz CT molecular complexity index is 522. The Balaban J connectivity index is 1.83. The third-order valence-electron chi connectivity index (χ3n) is 3.24. The third kappa shape index (κ3) is 3.93. The number of nitrogens with zero attached hydrogens (tertiary/aromatic N) is 1. The van der Waals surface area contributed by atoms with E-state index in [0.29, 0.717) is 12.5 Å².